The van der Waals surface area contributed by atoms with E-state index in [0.717, 1.165) is 24.5 Å². The average Bonchev–Trinajstić information content (AvgIpc) is 3.06. The van der Waals surface area contributed by atoms with E-state index in [1.54, 1.807) is 10.8 Å². The van der Waals surface area contributed by atoms with Gasteiger partial charge in [0.1, 0.15) is 0 Å². The van der Waals surface area contributed by atoms with E-state index in [9.17, 15) is 26.8 Å². The number of halogens is 2. The third-order valence-electron chi connectivity index (χ3n) is 4.05. The minimum absolute atomic E-state index is 0.0439. The molecule has 170 valence electrons. The molecular formula is C19H24AsF2N3O5S. The number of rotatable bonds is 12. The Balaban J connectivity index is 1.93. The summed E-state index contributed by atoms with van der Waals surface area (Å²) in [6.45, 7) is 2.10. The summed E-state index contributed by atoms with van der Waals surface area (Å²) < 4.78 is 55.3. The first-order valence-corrected chi connectivity index (χ1v) is 13.4. The van der Waals surface area contributed by atoms with E-state index in [1.807, 2.05) is 6.92 Å². The Morgan fingerprint density at radius 3 is 2.55 bits per heavy atom. The Hall–Kier alpha value is -2.10. The molecule has 0 aliphatic carbocycles. The van der Waals surface area contributed by atoms with E-state index in [-0.39, 0.29) is 29.7 Å². The molecule has 0 aliphatic rings. The van der Waals surface area contributed by atoms with E-state index in [2.05, 4.69) is 14.5 Å². The third kappa shape index (κ3) is 9.28. The quantitative estimate of drug-likeness (QED) is 0.319. The molecular weight excluding hydrogens is 495 g/mol. The predicted octanol–water partition coefficient (Wildman–Crippen LogP) is 0.254. The number of hydrogen-bond acceptors (Lipinski definition) is 6. The maximum absolute atomic E-state index is 13.3. The van der Waals surface area contributed by atoms with Crippen LogP contribution in [0.4, 0.5) is 8.78 Å². The molecule has 0 bridgehead atoms. The predicted molar refractivity (Wildman–Crippen MR) is 112 cm³/mol. The van der Waals surface area contributed by atoms with E-state index in [4.69, 9.17) is 0 Å². The van der Waals surface area contributed by atoms with Crippen LogP contribution in [0.1, 0.15) is 25.3 Å². The van der Waals surface area contributed by atoms with Gasteiger partial charge in [-0.3, -0.25) is 0 Å². The second kappa shape index (κ2) is 11.5. The van der Waals surface area contributed by atoms with Crippen molar-refractivity contribution in [1.82, 2.24) is 14.9 Å². The van der Waals surface area contributed by atoms with Gasteiger partial charge in [-0.15, -0.1) is 0 Å². The van der Waals surface area contributed by atoms with Crippen LogP contribution in [0.5, 0.6) is 0 Å². The number of imidazole rings is 1. The summed E-state index contributed by atoms with van der Waals surface area (Å²) in [5, 5.41) is 2.66. The van der Waals surface area contributed by atoms with Crippen molar-refractivity contribution in [3.8, 4) is 0 Å². The molecule has 0 fully saturated rings. The number of benzene rings is 1. The molecule has 1 N–H and O–H groups in total. The van der Waals surface area contributed by atoms with Crippen LogP contribution in [-0.2, 0) is 36.9 Å². The maximum atomic E-state index is 13.3. The summed E-state index contributed by atoms with van der Waals surface area (Å²) in [6.07, 6.45) is 4.97. The van der Waals surface area contributed by atoms with Crippen LogP contribution in [0.3, 0.4) is 0 Å². The first kappa shape index (κ1) is 25.2. The van der Waals surface area contributed by atoms with E-state index < -0.39 is 49.5 Å². The third-order valence-corrected chi connectivity index (χ3v) is 6.97. The van der Waals surface area contributed by atoms with Gasteiger partial charge in [0.2, 0.25) is 0 Å². The van der Waals surface area contributed by atoms with Crippen LogP contribution < -0.4 is 9.80 Å². The second-order valence-corrected chi connectivity index (χ2v) is 11.2. The Labute approximate surface area is 186 Å². The van der Waals surface area contributed by atoms with Crippen molar-refractivity contribution in [3.63, 3.8) is 0 Å². The molecule has 0 radical (unpaired) electrons. The van der Waals surface area contributed by atoms with Crippen LogP contribution in [0, 0.1) is 11.6 Å². The molecule has 0 saturated carbocycles. The molecule has 1 aromatic heterocycles. The van der Waals surface area contributed by atoms with Gasteiger partial charge < -0.3 is 0 Å². The van der Waals surface area contributed by atoms with Gasteiger partial charge in [0.15, 0.2) is 0 Å². The van der Waals surface area contributed by atoms with E-state index in [1.165, 1.54) is 6.33 Å². The van der Waals surface area contributed by atoms with Gasteiger partial charge >= 0.3 is 186 Å². The molecule has 1 aromatic carbocycles. The Morgan fingerprint density at radius 1 is 1.26 bits per heavy atom. The number of hydrogen-bond donors (Lipinski definition) is 1. The van der Waals surface area contributed by atoms with Gasteiger partial charge in [-0.1, -0.05) is 0 Å². The zero-order valence-corrected chi connectivity index (χ0v) is 20.0. The number of amides is 1. The Kier molecular flexibility index (Phi) is 9.33. The van der Waals surface area contributed by atoms with Crippen LogP contribution in [0.2, 0.25) is 0 Å². The first-order chi connectivity index (χ1) is 14.6. The van der Waals surface area contributed by atoms with Crippen LogP contribution in [0.15, 0.2) is 30.7 Å². The van der Waals surface area contributed by atoms with Crippen molar-refractivity contribution in [2.45, 2.75) is 38.8 Å². The molecule has 0 saturated heterocycles. The summed E-state index contributed by atoms with van der Waals surface area (Å²) in [5.74, 6) is -2.03. The molecule has 2 aromatic rings. The van der Waals surface area contributed by atoms with Crippen molar-refractivity contribution in [2.75, 3.05) is 12.9 Å². The van der Waals surface area contributed by atoms with E-state index >= 15 is 0 Å². The van der Waals surface area contributed by atoms with Crippen LogP contribution in [0.25, 0.3) is 0 Å². The molecule has 0 spiro atoms. The number of carbonyl (C=O) groups is 2. The summed E-state index contributed by atoms with van der Waals surface area (Å²) in [4.78, 5) is 29.2. The first-order valence-electron chi connectivity index (χ1n) is 9.47. The van der Waals surface area contributed by atoms with Crippen molar-refractivity contribution >= 4 is 40.8 Å². The minimum atomic E-state index is -3.52. The summed E-state index contributed by atoms with van der Waals surface area (Å²) in [7, 11) is -3.52. The number of nitrogens with zero attached hydrogens (tertiary/aromatic N) is 2. The van der Waals surface area contributed by atoms with Crippen molar-refractivity contribution in [1.29, 1.82) is 0 Å². The second-order valence-electron chi connectivity index (χ2n) is 6.88. The van der Waals surface area contributed by atoms with Gasteiger partial charge in [-0.05, 0) is 0 Å². The number of carbonyl (C=O) groups excluding carboxylic acids is 2. The summed E-state index contributed by atoms with van der Waals surface area (Å²) in [5.41, 5.74) is 0.184. The zero-order chi connectivity index (χ0) is 23.0. The topological polar surface area (TPSA) is 107 Å². The van der Waals surface area contributed by atoms with Gasteiger partial charge in [-0.2, -0.15) is 0 Å². The van der Waals surface area contributed by atoms with E-state index in [0.29, 0.717) is 17.3 Å². The molecule has 2 atom stereocenters. The van der Waals surface area contributed by atoms with Gasteiger partial charge in [-0.25, -0.2) is 0 Å². The number of aromatic nitrogens is 2. The van der Waals surface area contributed by atoms with Crippen LogP contribution in [-0.4, -0.2) is 63.1 Å². The van der Waals surface area contributed by atoms with Crippen molar-refractivity contribution in [2.24, 2.45) is 0 Å². The fourth-order valence-corrected chi connectivity index (χ4v) is 5.22. The zero-order valence-electron chi connectivity index (χ0n) is 17.1. The van der Waals surface area contributed by atoms with Crippen LogP contribution >= 0.6 is 0 Å². The normalized spacial score (nSPS) is 12.9. The SMILES string of the molecule is CCCC(NC(=O)Cc1cc(F)cc(F)c1)C(=O)[AsH]c1cn(CCOS(C)(=O)=O)cn1. The summed E-state index contributed by atoms with van der Waals surface area (Å²) >= 11 is -1.33. The Morgan fingerprint density at radius 2 is 1.94 bits per heavy atom. The molecule has 31 heavy (non-hydrogen) atoms. The monoisotopic (exact) mass is 519 g/mol. The molecule has 2 unspecified atom stereocenters. The number of nitrogens with one attached hydrogen (secondary N) is 1. The molecule has 12 heteroatoms. The van der Waals surface area contributed by atoms with Gasteiger partial charge in [0.25, 0.3) is 0 Å². The molecule has 8 nitrogen and oxygen atoms in total. The fourth-order valence-electron chi connectivity index (χ4n) is 2.76. The molecule has 1 amide bonds. The fraction of sp³-hybridized carbons (Fsp3) is 0.421. The van der Waals surface area contributed by atoms with Crippen molar-refractivity contribution < 1.29 is 31.0 Å². The van der Waals surface area contributed by atoms with Crippen molar-refractivity contribution in [3.05, 3.63) is 47.9 Å². The standard InChI is InChI=1S/C19H24AsF2N3O5S/c1-3-4-16(24-18(26)9-13-7-14(21)10-15(22)8-13)19(27)20-17-11-25(12-23-17)5-6-30-31(2,28)29/h7-8,10-12,16,20H,3-6,9H2,1-2H3,(H,24,26). The Bertz CT molecular complexity index is 1010. The summed E-state index contributed by atoms with van der Waals surface area (Å²) in [6, 6.07) is 2.18. The molecule has 0 aliphatic heterocycles. The van der Waals surface area contributed by atoms with Gasteiger partial charge in [0.05, 0.1) is 0 Å². The molecule has 1 heterocycles. The van der Waals surface area contributed by atoms with Gasteiger partial charge in [0, 0.05) is 0 Å². The average molecular weight is 519 g/mol. The molecule has 2 rings (SSSR count).